The lowest BCUT2D eigenvalue weighted by Gasteiger charge is -2.29. The van der Waals surface area contributed by atoms with Gasteiger partial charge in [0.05, 0.1) is 26.4 Å². The van der Waals surface area contributed by atoms with Crippen molar-refractivity contribution in [3.05, 3.63) is 23.0 Å². The van der Waals surface area contributed by atoms with Gasteiger partial charge in [0.15, 0.2) is 11.5 Å². The lowest BCUT2D eigenvalue weighted by atomic mass is 10.0. The molecule has 0 aromatic carbocycles. The molecule has 7 heteroatoms. The monoisotopic (exact) mass is 811 g/mol. The van der Waals surface area contributed by atoms with Crippen LogP contribution in [0.4, 0.5) is 0 Å². The van der Waals surface area contributed by atoms with Gasteiger partial charge in [-0.3, -0.25) is 0 Å². The van der Waals surface area contributed by atoms with E-state index in [-0.39, 0.29) is 0 Å². The highest BCUT2D eigenvalue weighted by atomic mass is 16.8. The van der Waals surface area contributed by atoms with Crippen LogP contribution in [-0.2, 0) is 33.2 Å². The average molecular weight is 811 g/mol. The smallest absolute Gasteiger partial charge is 0.222 e. The molecular weight excluding hydrogens is 713 g/mol. The Labute approximate surface area is 355 Å². The van der Waals surface area contributed by atoms with E-state index < -0.39 is 12.6 Å². The van der Waals surface area contributed by atoms with Gasteiger partial charge in [-0.15, -0.1) is 0 Å². The van der Waals surface area contributed by atoms with Crippen molar-refractivity contribution in [2.45, 2.75) is 260 Å². The summed E-state index contributed by atoms with van der Waals surface area (Å²) in [7, 11) is 3.36. The summed E-state index contributed by atoms with van der Waals surface area (Å²) in [5, 5.41) is 0. The molecule has 57 heavy (non-hydrogen) atoms. The normalized spacial score (nSPS) is 13.6. The Morgan fingerprint density at radius 1 is 0.298 bits per heavy atom. The van der Waals surface area contributed by atoms with Crippen LogP contribution in [0.15, 0.2) is 23.0 Å². The van der Waals surface area contributed by atoms with E-state index in [0.29, 0.717) is 37.9 Å². The topological polar surface area (TPSA) is 64.6 Å². The van der Waals surface area contributed by atoms with Crippen molar-refractivity contribution in [3.63, 3.8) is 0 Å². The van der Waals surface area contributed by atoms with E-state index in [2.05, 4.69) is 41.5 Å². The largest absolute Gasteiger partial charge is 0.494 e. The Kier molecular flexibility index (Phi) is 43.0. The molecule has 0 fully saturated rings. The van der Waals surface area contributed by atoms with Gasteiger partial charge in [-0.1, -0.05) is 196 Å². The van der Waals surface area contributed by atoms with Crippen LogP contribution in [0, 0.1) is 0 Å². The maximum atomic E-state index is 6.75. The summed E-state index contributed by atoms with van der Waals surface area (Å²) in [4.78, 5) is 0. The van der Waals surface area contributed by atoms with E-state index in [1.54, 1.807) is 14.2 Å². The zero-order valence-electron chi connectivity index (χ0n) is 39.5. The molecule has 2 unspecified atom stereocenters. The predicted molar refractivity (Wildman–Crippen MR) is 242 cm³/mol. The number of hydrogen-bond acceptors (Lipinski definition) is 7. The van der Waals surface area contributed by atoms with Gasteiger partial charge in [-0.25, -0.2) is 0 Å². The predicted octanol–water partition coefficient (Wildman–Crippen LogP) is 16.0. The van der Waals surface area contributed by atoms with E-state index >= 15 is 0 Å². The highest BCUT2D eigenvalue weighted by Crippen LogP contribution is 2.29. The van der Waals surface area contributed by atoms with Crippen molar-refractivity contribution < 1.29 is 33.2 Å². The molecule has 0 N–H and O–H groups in total. The summed E-state index contributed by atoms with van der Waals surface area (Å²) in [6, 6.07) is 0. The molecule has 7 nitrogen and oxygen atoms in total. The van der Waals surface area contributed by atoms with Crippen molar-refractivity contribution in [2.24, 2.45) is 0 Å². The minimum absolute atomic E-state index is 0.575. The van der Waals surface area contributed by atoms with Crippen LogP contribution in [0.1, 0.15) is 247 Å². The number of hydrogen-bond donors (Lipinski definition) is 0. The molecule has 0 saturated carbocycles. The van der Waals surface area contributed by atoms with Gasteiger partial charge < -0.3 is 33.2 Å². The second kappa shape index (κ2) is 44.1. The van der Waals surface area contributed by atoms with E-state index in [0.717, 1.165) is 88.6 Å². The third-order valence-corrected chi connectivity index (χ3v) is 10.7. The van der Waals surface area contributed by atoms with Crippen molar-refractivity contribution >= 4 is 0 Å². The first-order valence-electron chi connectivity index (χ1n) is 24.8. The molecule has 0 radical (unpaired) electrons. The van der Waals surface area contributed by atoms with E-state index in [9.17, 15) is 0 Å². The molecule has 0 heterocycles. The fraction of sp³-hybridized carbons (Fsp3) is 0.920. The van der Waals surface area contributed by atoms with Crippen LogP contribution in [-0.4, -0.2) is 53.2 Å². The average Bonchev–Trinajstić information content (AvgIpc) is 3.22. The lowest BCUT2D eigenvalue weighted by molar-refractivity contribution is -0.227. The first-order chi connectivity index (χ1) is 28.1. The van der Waals surface area contributed by atoms with Gasteiger partial charge in [-0.05, 0) is 38.5 Å². The maximum absolute atomic E-state index is 6.75. The van der Waals surface area contributed by atoms with E-state index in [1.165, 1.54) is 128 Å². The third kappa shape index (κ3) is 32.1. The molecule has 2 atom stereocenters. The molecule has 0 amide bonds. The van der Waals surface area contributed by atoms with Crippen molar-refractivity contribution in [3.8, 4) is 0 Å². The Morgan fingerprint density at radius 3 is 0.807 bits per heavy atom. The summed E-state index contributed by atoms with van der Waals surface area (Å²) >= 11 is 0. The molecule has 0 saturated heterocycles. The molecule has 340 valence electrons. The van der Waals surface area contributed by atoms with Gasteiger partial charge in [0.2, 0.25) is 12.6 Å². The van der Waals surface area contributed by atoms with E-state index in [4.69, 9.17) is 33.2 Å². The SMILES string of the molecule is CCCCCCCCCCCCCC(OCCCC)=C(OCCCC)C(OC)OC(OC)C(OCCCC)=C(CCCCCCCCCCCCC)OCCCC. The van der Waals surface area contributed by atoms with Gasteiger partial charge in [0.1, 0.15) is 11.5 Å². The first kappa shape index (κ1) is 55.6. The second-order valence-corrected chi connectivity index (χ2v) is 16.2. The fourth-order valence-corrected chi connectivity index (χ4v) is 6.89. The third-order valence-electron chi connectivity index (χ3n) is 10.7. The van der Waals surface area contributed by atoms with Crippen molar-refractivity contribution in [1.29, 1.82) is 0 Å². The maximum Gasteiger partial charge on any atom is 0.222 e. The van der Waals surface area contributed by atoms with Gasteiger partial charge in [0.25, 0.3) is 0 Å². The standard InChI is InChI=1S/C50H98O7/c1-9-15-21-23-25-27-29-31-33-35-37-39-45(53-41-17-11-3)47(55-43-19-13-5)49(51-7)57-50(52-8)48(56-44-20-14-6)46(54-42-18-12-4)40-38-36-34-32-30-28-26-24-22-16-10-2/h49-50H,9-44H2,1-8H3. The second-order valence-electron chi connectivity index (χ2n) is 16.2. The summed E-state index contributed by atoms with van der Waals surface area (Å²) in [6.07, 6.45) is 36.6. The van der Waals surface area contributed by atoms with Crippen LogP contribution in [0.2, 0.25) is 0 Å². The highest BCUT2D eigenvalue weighted by molar-refractivity contribution is 5.09. The Bertz CT molecular complexity index is 818. The first-order valence-corrected chi connectivity index (χ1v) is 24.8. The number of methoxy groups -OCH3 is 2. The number of ether oxygens (including phenoxy) is 7. The van der Waals surface area contributed by atoms with Crippen LogP contribution in [0.25, 0.3) is 0 Å². The van der Waals surface area contributed by atoms with Gasteiger partial charge in [-0.2, -0.15) is 0 Å². The molecule has 0 aromatic heterocycles. The molecule has 0 aromatic rings. The molecule has 0 bridgehead atoms. The molecular formula is C50H98O7. The van der Waals surface area contributed by atoms with Gasteiger partial charge in [0, 0.05) is 27.1 Å². The molecule has 0 spiro atoms. The number of rotatable bonds is 46. The van der Waals surface area contributed by atoms with Crippen LogP contribution < -0.4 is 0 Å². The summed E-state index contributed by atoms with van der Waals surface area (Å²) in [5.74, 6) is 2.94. The zero-order chi connectivity index (χ0) is 41.9. The minimum Gasteiger partial charge on any atom is -0.494 e. The summed E-state index contributed by atoms with van der Waals surface area (Å²) in [6.45, 7) is 15.8. The van der Waals surface area contributed by atoms with Crippen molar-refractivity contribution in [2.75, 3.05) is 40.6 Å². The minimum atomic E-state index is -0.820. The highest BCUT2D eigenvalue weighted by Gasteiger charge is 2.31. The van der Waals surface area contributed by atoms with Gasteiger partial charge >= 0.3 is 0 Å². The fourth-order valence-electron chi connectivity index (χ4n) is 6.89. The zero-order valence-corrected chi connectivity index (χ0v) is 39.5. The quantitative estimate of drug-likeness (QED) is 0.0345. The molecule has 0 aliphatic rings. The summed E-state index contributed by atoms with van der Waals surface area (Å²) in [5.41, 5.74) is 0. The van der Waals surface area contributed by atoms with Crippen LogP contribution >= 0.6 is 0 Å². The Morgan fingerprint density at radius 2 is 0.544 bits per heavy atom. The molecule has 0 rings (SSSR count). The Balaban J connectivity index is 6.08. The lowest BCUT2D eigenvalue weighted by Crippen LogP contribution is -2.32. The molecule has 0 aliphatic heterocycles. The Hall–Kier alpha value is -1.44. The number of unbranched alkanes of at least 4 members (excludes halogenated alkanes) is 24. The van der Waals surface area contributed by atoms with E-state index in [1.807, 2.05) is 0 Å². The summed E-state index contributed by atoms with van der Waals surface area (Å²) < 4.78 is 45.1. The van der Waals surface area contributed by atoms with Crippen LogP contribution in [0.3, 0.4) is 0 Å². The number of allylic oxidation sites excluding steroid dienone is 2. The van der Waals surface area contributed by atoms with Crippen LogP contribution in [0.5, 0.6) is 0 Å². The van der Waals surface area contributed by atoms with Crippen molar-refractivity contribution in [1.82, 2.24) is 0 Å². The molecule has 0 aliphatic carbocycles.